The monoisotopic (exact) mass is 238 g/mol. The van der Waals surface area contributed by atoms with Gasteiger partial charge < -0.3 is 4.74 Å². The SMILES string of the molecule is CCOP(=O)(OCC)O[C@@H](C)C[C@@H]1CO1. The quantitative estimate of drug-likeness (QED) is 0.480. The Balaban J connectivity index is 2.37. The number of phosphoric acid groups is 1. The molecule has 1 saturated heterocycles. The van der Waals surface area contributed by atoms with Gasteiger partial charge in [-0.15, -0.1) is 0 Å². The first kappa shape index (κ1) is 13.1. The van der Waals surface area contributed by atoms with E-state index in [-0.39, 0.29) is 12.2 Å². The van der Waals surface area contributed by atoms with Crippen molar-refractivity contribution in [3.8, 4) is 0 Å². The molecule has 0 aliphatic carbocycles. The van der Waals surface area contributed by atoms with Gasteiger partial charge in [0.15, 0.2) is 0 Å². The summed E-state index contributed by atoms with van der Waals surface area (Å²) >= 11 is 0. The summed E-state index contributed by atoms with van der Waals surface area (Å²) < 4.78 is 32.3. The number of phosphoric ester groups is 1. The molecule has 1 aliphatic rings. The van der Waals surface area contributed by atoms with Gasteiger partial charge in [-0.25, -0.2) is 4.57 Å². The van der Waals surface area contributed by atoms with Crippen molar-refractivity contribution in [3.05, 3.63) is 0 Å². The van der Waals surface area contributed by atoms with Gasteiger partial charge in [-0.3, -0.25) is 13.6 Å². The summed E-state index contributed by atoms with van der Waals surface area (Å²) in [7, 11) is -3.36. The van der Waals surface area contributed by atoms with Gasteiger partial charge >= 0.3 is 7.82 Å². The second-order valence-electron chi connectivity index (χ2n) is 3.39. The van der Waals surface area contributed by atoms with Gasteiger partial charge in [-0.2, -0.15) is 0 Å². The molecule has 0 aromatic heterocycles. The molecule has 0 aromatic rings. The molecule has 1 aliphatic heterocycles. The van der Waals surface area contributed by atoms with Crippen LogP contribution in [0.25, 0.3) is 0 Å². The van der Waals surface area contributed by atoms with Gasteiger partial charge in [-0.1, -0.05) is 0 Å². The number of ether oxygens (including phenoxy) is 1. The summed E-state index contributed by atoms with van der Waals surface area (Å²) in [5.41, 5.74) is 0. The number of hydrogen-bond acceptors (Lipinski definition) is 5. The van der Waals surface area contributed by atoms with Crippen molar-refractivity contribution >= 4 is 7.82 Å². The maximum atomic E-state index is 11.9. The van der Waals surface area contributed by atoms with E-state index in [0.29, 0.717) is 13.2 Å². The smallest absolute Gasteiger partial charge is 0.373 e. The van der Waals surface area contributed by atoms with Crippen LogP contribution in [0.2, 0.25) is 0 Å². The van der Waals surface area contributed by atoms with Crippen LogP contribution in [-0.4, -0.2) is 32.0 Å². The van der Waals surface area contributed by atoms with Gasteiger partial charge in [0, 0.05) is 6.42 Å². The Kier molecular flexibility index (Phi) is 5.23. The minimum Gasteiger partial charge on any atom is -0.373 e. The molecule has 0 spiro atoms. The Bertz CT molecular complexity index is 219. The van der Waals surface area contributed by atoms with Gasteiger partial charge in [0.1, 0.15) is 0 Å². The number of hydrogen-bond donors (Lipinski definition) is 0. The van der Waals surface area contributed by atoms with E-state index in [1.807, 2.05) is 6.92 Å². The largest absolute Gasteiger partial charge is 0.475 e. The highest BCUT2D eigenvalue weighted by Crippen LogP contribution is 2.50. The highest BCUT2D eigenvalue weighted by Gasteiger charge is 2.32. The number of rotatable bonds is 8. The molecule has 1 fully saturated rings. The molecule has 0 N–H and O–H groups in total. The van der Waals surface area contributed by atoms with Crippen molar-refractivity contribution in [2.75, 3.05) is 19.8 Å². The van der Waals surface area contributed by atoms with Crippen molar-refractivity contribution in [3.63, 3.8) is 0 Å². The second kappa shape index (κ2) is 5.97. The van der Waals surface area contributed by atoms with Crippen molar-refractivity contribution in [2.45, 2.75) is 39.4 Å². The summed E-state index contributed by atoms with van der Waals surface area (Å²) in [5.74, 6) is 0. The van der Waals surface area contributed by atoms with E-state index < -0.39 is 7.82 Å². The third kappa shape index (κ3) is 5.09. The Morgan fingerprint density at radius 3 is 2.33 bits per heavy atom. The van der Waals surface area contributed by atoms with Crippen molar-refractivity contribution < 1.29 is 22.9 Å². The Morgan fingerprint density at radius 2 is 1.93 bits per heavy atom. The third-order valence-corrected chi connectivity index (χ3v) is 3.65. The van der Waals surface area contributed by atoms with Gasteiger partial charge in [0.05, 0.1) is 32.0 Å². The fourth-order valence-corrected chi connectivity index (χ4v) is 2.61. The van der Waals surface area contributed by atoms with E-state index in [9.17, 15) is 4.57 Å². The topological polar surface area (TPSA) is 57.3 Å². The highest BCUT2D eigenvalue weighted by molar-refractivity contribution is 7.48. The first-order chi connectivity index (χ1) is 7.09. The van der Waals surface area contributed by atoms with E-state index >= 15 is 0 Å². The van der Waals surface area contributed by atoms with Crippen LogP contribution >= 0.6 is 7.82 Å². The lowest BCUT2D eigenvalue weighted by molar-refractivity contribution is 0.0840. The molecular weight excluding hydrogens is 219 g/mol. The molecule has 0 bridgehead atoms. The predicted molar refractivity (Wildman–Crippen MR) is 55.8 cm³/mol. The standard InChI is InChI=1S/C9H19O5P/c1-4-12-15(10,13-5-2)14-8(3)6-9-7-11-9/h8-9H,4-7H2,1-3H3/t8-,9+/m0/s1. The first-order valence-corrected chi connectivity index (χ1v) is 6.74. The van der Waals surface area contributed by atoms with Crippen LogP contribution in [0.5, 0.6) is 0 Å². The van der Waals surface area contributed by atoms with Crippen LogP contribution in [0.1, 0.15) is 27.2 Å². The van der Waals surface area contributed by atoms with Crippen molar-refractivity contribution in [2.24, 2.45) is 0 Å². The minimum atomic E-state index is -3.36. The summed E-state index contributed by atoms with van der Waals surface area (Å²) in [6.45, 7) is 6.73. The molecule has 90 valence electrons. The Labute approximate surface area is 90.7 Å². The fraction of sp³-hybridized carbons (Fsp3) is 1.00. The zero-order valence-corrected chi connectivity index (χ0v) is 10.4. The lowest BCUT2D eigenvalue weighted by atomic mass is 10.2. The van der Waals surface area contributed by atoms with Gasteiger partial charge in [0.2, 0.25) is 0 Å². The molecule has 15 heavy (non-hydrogen) atoms. The summed E-state index contributed by atoms with van der Waals surface area (Å²) in [4.78, 5) is 0. The van der Waals surface area contributed by atoms with Crippen LogP contribution in [0.15, 0.2) is 0 Å². The normalized spacial score (nSPS) is 22.7. The van der Waals surface area contributed by atoms with Crippen LogP contribution in [0.4, 0.5) is 0 Å². The van der Waals surface area contributed by atoms with E-state index in [4.69, 9.17) is 18.3 Å². The predicted octanol–water partition coefficient (Wildman–Crippen LogP) is 2.36. The van der Waals surface area contributed by atoms with Crippen LogP contribution in [0, 0.1) is 0 Å². The molecule has 5 nitrogen and oxygen atoms in total. The molecular formula is C9H19O5P. The average molecular weight is 238 g/mol. The molecule has 0 amide bonds. The van der Waals surface area contributed by atoms with E-state index in [2.05, 4.69) is 0 Å². The highest BCUT2D eigenvalue weighted by atomic mass is 31.2. The fourth-order valence-electron chi connectivity index (χ4n) is 1.25. The number of epoxide rings is 1. The van der Waals surface area contributed by atoms with Gasteiger partial charge in [0.25, 0.3) is 0 Å². The zero-order valence-electron chi connectivity index (χ0n) is 9.47. The summed E-state index contributed by atoms with van der Waals surface area (Å²) in [6.07, 6.45) is 0.794. The summed E-state index contributed by atoms with van der Waals surface area (Å²) in [5, 5.41) is 0. The minimum absolute atomic E-state index is 0.179. The van der Waals surface area contributed by atoms with Crippen molar-refractivity contribution in [1.29, 1.82) is 0 Å². The summed E-state index contributed by atoms with van der Waals surface area (Å²) in [6, 6.07) is 0. The Hall–Kier alpha value is 0.0700. The molecule has 6 heteroatoms. The molecule has 0 unspecified atom stereocenters. The molecule has 1 heterocycles. The maximum Gasteiger partial charge on any atom is 0.475 e. The average Bonchev–Trinajstić information content (AvgIpc) is 2.87. The molecule has 0 saturated carbocycles. The van der Waals surface area contributed by atoms with Crippen molar-refractivity contribution in [1.82, 2.24) is 0 Å². The lowest BCUT2D eigenvalue weighted by Gasteiger charge is -2.20. The van der Waals surface area contributed by atoms with Crippen LogP contribution in [0.3, 0.4) is 0 Å². The molecule has 2 atom stereocenters. The maximum absolute atomic E-state index is 11.9. The Morgan fingerprint density at radius 1 is 1.40 bits per heavy atom. The van der Waals surface area contributed by atoms with E-state index in [1.165, 1.54) is 0 Å². The lowest BCUT2D eigenvalue weighted by Crippen LogP contribution is -2.12. The molecule has 0 radical (unpaired) electrons. The molecule has 0 aromatic carbocycles. The second-order valence-corrected chi connectivity index (χ2v) is 5.01. The molecule has 1 rings (SSSR count). The zero-order chi connectivity index (χ0) is 11.3. The van der Waals surface area contributed by atoms with E-state index in [1.54, 1.807) is 13.8 Å². The van der Waals surface area contributed by atoms with Crippen LogP contribution in [-0.2, 0) is 22.9 Å². The van der Waals surface area contributed by atoms with E-state index in [0.717, 1.165) is 13.0 Å². The van der Waals surface area contributed by atoms with Crippen LogP contribution < -0.4 is 0 Å². The van der Waals surface area contributed by atoms with Gasteiger partial charge in [-0.05, 0) is 20.8 Å². The first-order valence-electron chi connectivity index (χ1n) is 5.28. The third-order valence-electron chi connectivity index (χ3n) is 1.88.